The number of hydrogen-bond acceptors (Lipinski definition) is 5. The lowest BCUT2D eigenvalue weighted by molar-refractivity contribution is -0.197. The Morgan fingerprint density at radius 2 is 1.39 bits per heavy atom. The van der Waals surface area contributed by atoms with Crippen molar-refractivity contribution in [3.05, 3.63) is 11.6 Å². The highest BCUT2D eigenvalue weighted by atomic mass is 16.5. The zero-order valence-electron chi connectivity index (χ0n) is 22.8. The number of ketones is 1. The molecule has 0 aromatic carbocycles. The minimum absolute atomic E-state index is 0.104. The summed E-state index contributed by atoms with van der Waals surface area (Å²) in [5.74, 6) is 0.134. The Morgan fingerprint density at radius 3 is 1.65 bits per heavy atom. The molecule has 0 saturated carbocycles. The van der Waals surface area contributed by atoms with Crippen molar-refractivity contribution in [2.75, 3.05) is 0 Å². The van der Waals surface area contributed by atoms with Crippen LogP contribution in [0, 0.1) is 16.7 Å². The smallest absolute Gasteiger partial charge is 0.143 e. The molecular formula is C26H50N2O3. The summed E-state index contributed by atoms with van der Waals surface area (Å²) in [7, 11) is 0. The van der Waals surface area contributed by atoms with Gasteiger partial charge in [0.25, 0.3) is 0 Å². The van der Waals surface area contributed by atoms with Crippen molar-refractivity contribution < 1.29 is 15.2 Å². The molecular weight excluding hydrogens is 388 g/mol. The van der Waals surface area contributed by atoms with Crippen LogP contribution in [0.2, 0.25) is 0 Å². The van der Waals surface area contributed by atoms with Crippen molar-refractivity contribution in [3.8, 4) is 0 Å². The summed E-state index contributed by atoms with van der Waals surface area (Å²) in [5.41, 5.74) is -0.0281. The van der Waals surface area contributed by atoms with Crippen molar-refractivity contribution >= 4 is 5.78 Å². The van der Waals surface area contributed by atoms with Crippen LogP contribution < -0.4 is 0 Å². The minimum Gasteiger partial charge on any atom is -0.313 e. The van der Waals surface area contributed by atoms with Crippen LogP contribution in [0.5, 0.6) is 0 Å². The summed E-state index contributed by atoms with van der Waals surface area (Å²) in [5, 5.41) is 23.1. The second-order valence-corrected chi connectivity index (χ2v) is 14.1. The van der Waals surface area contributed by atoms with Crippen LogP contribution in [0.1, 0.15) is 110 Å². The molecule has 2 rings (SSSR count). The third kappa shape index (κ3) is 5.98. The van der Waals surface area contributed by atoms with Crippen molar-refractivity contribution in [3.63, 3.8) is 0 Å². The summed E-state index contributed by atoms with van der Waals surface area (Å²) in [6, 6.07) is 0. The van der Waals surface area contributed by atoms with Crippen LogP contribution in [-0.2, 0) is 4.79 Å². The maximum atomic E-state index is 12.4. The first-order valence-corrected chi connectivity index (χ1v) is 11.6. The quantitative estimate of drug-likeness (QED) is 0.483. The van der Waals surface area contributed by atoms with Gasteiger partial charge in [0.2, 0.25) is 0 Å². The number of nitrogens with zero attached hydrogens (tertiary/aromatic N) is 2. The molecule has 0 amide bonds. The van der Waals surface area contributed by atoms with Gasteiger partial charge in [0.1, 0.15) is 5.78 Å². The molecule has 2 aliphatic rings. The molecule has 5 nitrogen and oxygen atoms in total. The van der Waals surface area contributed by atoms with Crippen LogP contribution >= 0.6 is 0 Å². The molecule has 2 N–H and O–H groups in total. The van der Waals surface area contributed by atoms with Crippen molar-refractivity contribution in [2.24, 2.45) is 16.7 Å². The highest BCUT2D eigenvalue weighted by molar-refractivity contribution is 5.87. The van der Waals surface area contributed by atoms with Gasteiger partial charge in [0.15, 0.2) is 0 Å². The van der Waals surface area contributed by atoms with E-state index < -0.39 is 5.54 Å². The SMILES string of the molecule is CC(C)(C)C(=O)C1CC(C)(C)N(O)C1(C)C.CC(C)(C)CC1=CC(C)(C)N(O)C1(C)C. The Bertz CT molecular complexity index is 703. The van der Waals surface area contributed by atoms with Crippen molar-refractivity contribution in [1.29, 1.82) is 0 Å². The van der Waals surface area contributed by atoms with E-state index in [0.29, 0.717) is 6.42 Å². The molecule has 1 saturated heterocycles. The van der Waals surface area contributed by atoms with Gasteiger partial charge in [-0.15, -0.1) is 0 Å². The first-order valence-electron chi connectivity index (χ1n) is 11.6. The third-order valence-corrected chi connectivity index (χ3v) is 6.84. The van der Waals surface area contributed by atoms with E-state index in [1.807, 2.05) is 62.3 Å². The second-order valence-electron chi connectivity index (χ2n) is 14.1. The normalized spacial score (nSPS) is 27.5. The van der Waals surface area contributed by atoms with E-state index in [4.69, 9.17) is 0 Å². The molecule has 182 valence electrons. The third-order valence-electron chi connectivity index (χ3n) is 6.84. The van der Waals surface area contributed by atoms with Crippen LogP contribution in [0.15, 0.2) is 11.6 Å². The molecule has 0 spiro atoms. The molecule has 2 heterocycles. The zero-order valence-corrected chi connectivity index (χ0v) is 22.8. The van der Waals surface area contributed by atoms with E-state index in [1.165, 1.54) is 15.7 Å². The summed E-state index contributed by atoms with van der Waals surface area (Å²) < 4.78 is 0. The maximum absolute atomic E-state index is 12.4. The van der Waals surface area contributed by atoms with Gasteiger partial charge in [-0.05, 0) is 79.2 Å². The molecule has 0 aromatic rings. The first-order chi connectivity index (χ1) is 13.4. The van der Waals surface area contributed by atoms with E-state index in [1.54, 1.807) is 0 Å². The minimum atomic E-state index is -0.478. The van der Waals surface area contributed by atoms with E-state index in [-0.39, 0.29) is 39.1 Å². The van der Waals surface area contributed by atoms with Crippen LogP contribution in [0.25, 0.3) is 0 Å². The predicted molar refractivity (Wildman–Crippen MR) is 128 cm³/mol. The lowest BCUT2D eigenvalue weighted by atomic mass is 9.74. The van der Waals surface area contributed by atoms with Gasteiger partial charge >= 0.3 is 0 Å². The Hall–Kier alpha value is -0.750. The predicted octanol–water partition coefficient (Wildman–Crippen LogP) is 6.48. The first kappa shape index (κ1) is 28.3. The molecule has 1 fully saturated rings. The van der Waals surface area contributed by atoms with Crippen molar-refractivity contribution in [1.82, 2.24) is 10.1 Å². The molecule has 0 aliphatic carbocycles. The number of carbonyl (C=O) groups excluding carboxylic acids is 1. The average Bonchev–Trinajstić information content (AvgIpc) is 2.79. The highest BCUT2D eigenvalue weighted by Crippen LogP contribution is 2.46. The number of carbonyl (C=O) groups is 1. The Morgan fingerprint density at radius 1 is 0.935 bits per heavy atom. The summed E-state index contributed by atoms with van der Waals surface area (Å²) in [4.78, 5) is 12.4. The Balaban J connectivity index is 0.000000311. The Kier molecular flexibility index (Phi) is 7.51. The molecule has 31 heavy (non-hydrogen) atoms. The van der Waals surface area contributed by atoms with E-state index >= 15 is 0 Å². The van der Waals surface area contributed by atoms with Gasteiger partial charge in [0, 0.05) is 16.9 Å². The number of Topliss-reactive ketones (excluding diaryl/α,β-unsaturated/α-hetero) is 1. The van der Waals surface area contributed by atoms with Gasteiger partial charge in [-0.25, -0.2) is 0 Å². The number of hydrogen-bond donors (Lipinski definition) is 2. The monoisotopic (exact) mass is 438 g/mol. The van der Waals surface area contributed by atoms with E-state index in [2.05, 4.69) is 40.7 Å². The number of hydroxylamine groups is 4. The molecule has 1 atom stereocenters. The molecule has 0 radical (unpaired) electrons. The highest BCUT2D eigenvalue weighted by Gasteiger charge is 2.55. The van der Waals surface area contributed by atoms with Crippen LogP contribution in [-0.4, -0.2) is 48.5 Å². The fraction of sp³-hybridized carbons (Fsp3) is 0.885. The average molecular weight is 439 g/mol. The molecule has 1 unspecified atom stereocenters. The number of rotatable bonds is 2. The lowest BCUT2D eigenvalue weighted by Gasteiger charge is -2.37. The fourth-order valence-electron chi connectivity index (χ4n) is 5.06. The van der Waals surface area contributed by atoms with Gasteiger partial charge in [-0.1, -0.05) is 47.6 Å². The maximum Gasteiger partial charge on any atom is 0.143 e. The topological polar surface area (TPSA) is 64.0 Å². The van der Waals surface area contributed by atoms with Crippen LogP contribution in [0.4, 0.5) is 0 Å². The summed E-state index contributed by atoms with van der Waals surface area (Å²) >= 11 is 0. The van der Waals surface area contributed by atoms with E-state index in [0.717, 1.165) is 6.42 Å². The Labute approximate surface area is 191 Å². The second kappa shape index (κ2) is 8.23. The van der Waals surface area contributed by atoms with Gasteiger partial charge in [0.05, 0.1) is 16.6 Å². The standard InChI is InChI=1S/C13H25NO2.C13H25NO/c1-11(2,3)10(15)9-8-12(4,5)14(16)13(9,6)7;1-11(2,3)8-10-9-12(4,5)14(15)13(10,6)7/h9,16H,8H2,1-7H3;9,15H,8H2,1-7H3. The zero-order chi connectivity index (χ0) is 25.0. The van der Waals surface area contributed by atoms with Crippen LogP contribution in [0.3, 0.4) is 0 Å². The van der Waals surface area contributed by atoms with E-state index in [9.17, 15) is 15.2 Å². The van der Waals surface area contributed by atoms with Gasteiger partial charge in [-0.2, -0.15) is 10.1 Å². The largest absolute Gasteiger partial charge is 0.313 e. The summed E-state index contributed by atoms with van der Waals surface area (Å²) in [6.07, 6.45) is 3.95. The molecule has 5 heteroatoms. The summed E-state index contributed by atoms with van der Waals surface area (Å²) in [6.45, 7) is 28.6. The molecule has 0 aromatic heterocycles. The fourth-order valence-corrected chi connectivity index (χ4v) is 5.06. The molecule has 2 aliphatic heterocycles. The van der Waals surface area contributed by atoms with Gasteiger partial charge in [-0.3, -0.25) is 4.79 Å². The molecule has 0 bridgehead atoms. The van der Waals surface area contributed by atoms with Gasteiger partial charge < -0.3 is 10.4 Å². The van der Waals surface area contributed by atoms with Crippen molar-refractivity contribution in [2.45, 2.75) is 132 Å². The lowest BCUT2D eigenvalue weighted by Crippen LogP contribution is -2.49.